The molecule has 10 nitrogen and oxygen atoms in total. The highest BCUT2D eigenvalue weighted by atomic mass is 16.5. The van der Waals surface area contributed by atoms with E-state index in [4.69, 9.17) is 14.7 Å². The van der Waals surface area contributed by atoms with Crippen LogP contribution in [0.2, 0.25) is 0 Å². The number of anilines is 2. The standard InChI is InChI=1S/C25H36N8O2/c1-3-26-25(34)15-33-18-6-4-7-19(33)12-17(11-18)27-14-24-28-20(21-8-5-9-35-21)13-22(30-24)29-23-10-16(2)31-32-23/h8,10,13,17-19,27H,3-7,9,11-12,14-15H2,1-2H3,(H,26,34)(H2,28,29,30,31,32). The minimum absolute atomic E-state index is 0.136. The van der Waals surface area contributed by atoms with Crippen LogP contribution in [0.25, 0.3) is 5.76 Å². The Balaban J connectivity index is 1.26. The first-order valence-corrected chi connectivity index (χ1v) is 12.8. The Labute approximate surface area is 206 Å². The van der Waals surface area contributed by atoms with Gasteiger partial charge >= 0.3 is 0 Å². The molecule has 2 atom stereocenters. The Hall–Kier alpha value is -2.98. The van der Waals surface area contributed by atoms with Crippen LogP contribution in [0.5, 0.6) is 0 Å². The molecule has 188 valence electrons. The van der Waals surface area contributed by atoms with Crippen molar-refractivity contribution in [2.24, 2.45) is 0 Å². The topological polar surface area (TPSA) is 120 Å². The van der Waals surface area contributed by atoms with Crippen molar-refractivity contribution < 1.29 is 9.53 Å². The van der Waals surface area contributed by atoms with Crippen molar-refractivity contribution in [3.05, 3.63) is 35.4 Å². The van der Waals surface area contributed by atoms with Gasteiger partial charge in [0.1, 0.15) is 23.1 Å². The predicted molar refractivity (Wildman–Crippen MR) is 134 cm³/mol. The highest BCUT2D eigenvalue weighted by Gasteiger charge is 2.38. The minimum Gasteiger partial charge on any atom is -0.491 e. The van der Waals surface area contributed by atoms with Gasteiger partial charge in [-0.3, -0.25) is 14.8 Å². The average molecular weight is 481 g/mol. The molecule has 2 aromatic heterocycles. The number of aromatic nitrogens is 4. The second kappa shape index (κ2) is 10.7. The zero-order valence-electron chi connectivity index (χ0n) is 20.6. The predicted octanol–water partition coefficient (Wildman–Crippen LogP) is 2.62. The summed E-state index contributed by atoms with van der Waals surface area (Å²) in [7, 11) is 0. The summed E-state index contributed by atoms with van der Waals surface area (Å²) in [5.74, 6) is 3.09. The first kappa shape index (κ1) is 23.7. The molecule has 2 saturated heterocycles. The minimum atomic E-state index is 0.136. The van der Waals surface area contributed by atoms with Crippen molar-refractivity contribution in [3.63, 3.8) is 0 Å². The third kappa shape index (κ3) is 5.82. The van der Waals surface area contributed by atoms with Crippen molar-refractivity contribution in [1.29, 1.82) is 0 Å². The monoisotopic (exact) mass is 480 g/mol. The molecule has 0 aliphatic carbocycles. The normalized spacial score (nSPS) is 24.1. The summed E-state index contributed by atoms with van der Waals surface area (Å²) in [4.78, 5) is 24.2. The number of aryl methyl sites for hydroxylation is 1. The van der Waals surface area contributed by atoms with Crippen LogP contribution in [0.3, 0.4) is 0 Å². The van der Waals surface area contributed by atoms with Crippen LogP contribution in [0.1, 0.15) is 62.7 Å². The molecule has 0 saturated carbocycles. The first-order valence-electron chi connectivity index (χ1n) is 12.8. The lowest BCUT2D eigenvalue weighted by molar-refractivity contribution is -0.125. The molecule has 2 aromatic rings. The highest BCUT2D eigenvalue weighted by Crippen LogP contribution is 2.34. The maximum Gasteiger partial charge on any atom is 0.234 e. The van der Waals surface area contributed by atoms with Gasteiger partial charge in [-0.1, -0.05) is 6.42 Å². The average Bonchev–Trinajstić information content (AvgIpc) is 3.50. The molecule has 10 heteroatoms. The van der Waals surface area contributed by atoms with Gasteiger partial charge in [-0.05, 0) is 45.6 Å². The fourth-order valence-corrected chi connectivity index (χ4v) is 5.53. The van der Waals surface area contributed by atoms with E-state index in [1.165, 1.54) is 6.42 Å². The lowest BCUT2D eigenvalue weighted by atomic mass is 9.81. The van der Waals surface area contributed by atoms with E-state index in [0.29, 0.717) is 50.2 Å². The van der Waals surface area contributed by atoms with Crippen LogP contribution >= 0.6 is 0 Å². The number of H-pyrrole nitrogens is 1. The summed E-state index contributed by atoms with van der Waals surface area (Å²) in [6.07, 6.45) is 8.61. The van der Waals surface area contributed by atoms with Crippen LogP contribution in [-0.2, 0) is 16.1 Å². The maximum absolute atomic E-state index is 12.2. The number of piperidine rings is 2. The van der Waals surface area contributed by atoms with Gasteiger partial charge in [0, 0.05) is 48.9 Å². The van der Waals surface area contributed by atoms with Crippen molar-refractivity contribution in [3.8, 4) is 0 Å². The van der Waals surface area contributed by atoms with E-state index < -0.39 is 0 Å². The third-order valence-electron chi connectivity index (χ3n) is 7.07. The number of aromatic amines is 1. The van der Waals surface area contributed by atoms with E-state index in [-0.39, 0.29) is 5.91 Å². The van der Waals surface area contributed by atoms with Gasteiger partial charge < -0.3 is 20.7 Å². The quantitative estimate of drug-likeness (QED) is 0.432. The number of likely N-dealkylation sites (N-methyl/N-ethyl adjacent to an activating group) is 1. The largest absolute Gasteiger partial charge is 0.491 e. The van der Waals surface area contributed by atoms with Gasteiger partial charge in [-0.25, -0.2) is 9.97 Å². The van der Waals surface area contributed by atoms with Gasteiger partial charge in [-0.15, -0.1) is 0 Å². The van der Waals surface area contributed by atoms with Crippen molar-refractivity contribution in [1.82, 2.24) is 35.7 Å². The molecule has 35 heavy (non-hydrogen) atoms. The molecule has 0 aromatic carbocycles. The molecular weight excluding hydrogens is 444 g/mol. The van der Waals surface area contributed by atoms with E-state index >= 15 is 0 Å². The smallest absolute Gasteiger partial charge is 0.234 e. The SMILES string of the molecule is CCNC(=O)CN1C2CCCC1CC(NCc1nc(Nc3cc(C)[nH]n3)cc(C3=CCCO3)n1)C2. The van der Waals surface area contributed by atoms with E-state index in [0.717, 1.165) is 60.9 Å². The van der Waals surface area contributed by atoms with E-state index in [2.05, 4.69) is 37.1 Å². The van der Waals surface area contributed by atoms with Crippen molar-refractivity contribution in [2.75, 3.05) is 25.0 Å². The molecule has 3 aliphatic rings. The molecule has 3 aliphatic heterocycles. The number of nitrogens with zero attached hydrogens (tertiary/aromatic N) is 4. The van der Waals surface area contributed by atoms with Crippen LogP contribution < -0.4 is 16.0 Å². The number of hydrogen-bond donors (Lipinski definition) is 4. The van der Waals surface area contributed by atoms with Gasteiger partial charge in [0.15, 0.2) is 5.82 Å². The number of rotatable bonds is 9. The number of nitrogens with one attached hydrogen (secondary N) is 4. The summed E-state index contributed by atoms with van der Waals surface area (Å²) in [5, 5.41) is 17.2. The maximum atomic E-state index is 12.2. The molecule has 1 amide bonds. The fourth-order valence-electron chi connectivity index (χ4n) is 5.53. The van der Waals surface area contributed by atoms with E-state index in [1.54, 1.807) is 0 Å². The number of carbonyl (C=O) groups excluding carboxylic acids is 1. The van der Waals surface area contributed by atoms with Gasteiger partial charge in [0.2, 0.25) is 5.91 Å². The van der Waals surface area contributed by atoms with Crippen molar-refractivity contribution >= 4 is 23.3 Å². The molecule has 2 bridgehead atoms. The number of carbonyl (C=O) groups is 1. The zero-order chi connectivity index (χ0) is 24.2. The van der Waals surface area contributed by atoms with Gasteiger partial charge in [-0.2, -0.15) is 5.10 Å². The first-order chi connectivity index (χ1) is 17.1. The molecule has 0 radical (unpaired) electrons. The summed E-state index contributed by atoms with van der Waals surface area (Å²) in [6.45, 7) is 6.40. The third-order valence-corrected chi connectivity index (χ3v) is 7.07. The molecular formula is C25H36N8O2. The lowest BCUT2D eigenvalue weighted by Gasteiger charge is -2.48. The molecule has 5 rings (SSSR count). The Kier molecular flexibility index (Phi) is 7.29. The Bertz CT molecular complexity index is 1050. The van der Waals surface area contributed by atoms with Crippen LogP contribution in [-0.4, -0.2) is 68.8 Å². The molecule has 2 unspecified atom stereocenters. The van der Waals surface area contributed by atoms with Crippen LogP contribution in [0.4, 0.5) is 11.6 Å². The molecule has 4 N–H and O–H groups in total. The summed E-state index contributed by atoms with van der Waals surface area (Å²) in [5.41, 5.74) is 1.77. The second-order valence-corrected chi connectivity index (χ2v) is 9.73. The second-order valence-electron chi connectivity index (χ2n) is 9.73. The van der Waals surface area contributed by atoms with Crippen LogP contribution in [0.15, 0.2) is 18.2 Å². The number of fused-ring (bicyclic) bond motifs is 2. The number of amides is 1. The van der Waals surface area contributed by atoms with Gasteiger partial charge in [0.05, 0.1) is 19.7 Å². The Morgan fingerprint density at radius 1 is 1.20 bits per heavy atom. The van der Waals surface area contributed by atoms with Gasteiger partial charge in [0.25, 0.3) is 0 Å². The van der Waals surface area contributed by atoms with Crippen LogP contribution in [0, 0.1) is 6.92 Å². The Morgan fingerprint density at radius 3 is 2.71 bits per heavy atom. The number of hydrogen-bond acceptors (Lipinski definition) is 8. The Morgan fingerprint density at radius 2 is 2.03 bits per heavy atom. The summed E-state index contributed by atoms with van der Waals surface area (Å²) in [6, 6.07) is 5.14. The fraction of sp³-hybridized carbons (Fsp3) is 0.600. The molecule has 0 spiro atoms. The summed E-state index contributed by atoms with van der Waals surface area (Å²) >= 11 is 0. The van der Waals surface area contributed by atoms with E-state index in [1.807, 2.05) is 26.0 Å². The van der Waals surface area contributed by atoms with Crippen molar-refractivity contribution in [2.45, 2.75) is 77.0 Å². The molecule has 5 heterocycles. The zero-order valence-corrected chi connectivity index (χ0v) is 20.6. The highest BCUT2D eigenvalue weighted by molar-refractivity contribution is 5.78. The number of ether oxygens (including phenoxy) is 1. The summed E-state index contributed by atoms with van der Waals surface area (Å²) < 4.78 is 5.77. The lowest BCUT2D eigenvalue weighted by Crippen LogP contribution is -2.58. The molecule has 2 fully saturated rings. The van der Waals surface area contributed by atoms with E-state index in [9.17, 15) is 4.79 Å².